The van der Waals surface area contributed by atoms with E-state index in [-0.39, 0.29) is 19.8 Å². The molecule has 0 aliphatic carbocycles. The first-order valence-corrected chi connectivity index (χ1v) is 9.17. The summed E-state index contributed by atoms with van der Waals surface area (Å²) in [6.07, 6.45) is 0.382. The Labute approximate surface area is 131 Å². The third-order valence-corrected chi connectivity index (χ3v) is 6.31. The highest BCUT2D eigenvalue weighted by atomic mass is 31.2. The molecule has 0 N–H and O–H groups in total. The number of hydrogen-bond acceptors (Lipinski definition) is 5. The molecule has 0 bridgehead atoms. The second-order valence-electron chi connectivity index (χ2n) is 5.63. The van der Waals surface area contributed by atoms with Crippen molar-refractivity contribution >= 4 is 13.6 Å². The standard InChI is InChI=1S/C16H23O5P/c1-4-20-22(18,21-5-2)14-11-16(3,12-19-15(14)17)13-9-7-6-8-10-13/h6-10,14H,4-5,11-12H2,1-3H3. The lowest BCUT2D eigenvalue weighted by atomic mass is 9.78. The summed E-state index contributed by atoms with van der Waals surface area (Å²) >= 11 is 0. The molecule has 0 saturated carbocycles. The third-order valence-electron chi connectivity index (χ3n) is 3.92. The zero-order chi connectivity index (χ0) is 16.2. The van der Waals surface area contributed by atoms with E-state index in [0.717, 1.165) is 5.56 Å². The Balaban J connectivity index is 2.31. The van der Waals surface area contributed by atoms with Crippen molar-refractivity contribution in [3.05, 3.63) is 35.9 Å². The van der Waals surface area contributed by atoms with Gasteiger partial charge >= 0.3 is 13.6 Å². The zero-order valence-corrected chi connectivity index (χ0v) is 14.2. The molecular weight excluding hydrogens is 303 g/mol. The fourth-order valence-electron chi connectivity index (χ4n) is 2.76. The molecule has 5 nitrogen and oxygen atoms in total. The smallest absolute Gasteiger partial charge is 0.344 e. The quantitative estimate of drug-likeness (QED) is 0.591. The van der Waals surface area contributed by atoms with E-state index >= 15 is 0 Å². The predicted octanol–water partition coefficient (Wildman–Crippen LogP) is 3.53. The van der Waals surface area contributed by atoms with Crippen molar-refractivity contribution in [1.82, 2.24) is 0 Å². The molecular formula is C16H23O5P. The van der Waals surface area contributed by atoms with E-state index in [1.165, 1.54) is 0 Å². The van der Waals surface area contributed by atoms with E-state index in [2.05, 4.69) is 0 Å². The summed E-state index contributed by atoms with van der Waals surface area (Å²) in [6.45, 7) is 6.19. The number of ether oxygens (including phenoxy) is 1. The lowest BCUT2D eigenvalue weighted by Crippen LogP contribution is -2.44. The highest BCUT2D eigenvalue weighted by molar-refractivity contribution is 7.55. The number of cyclic esters (lactones) is 1. The Kier molecular flexibility index (Phi) is 5.43. The van der Waals surface area contributed by atoms with Crippen LogP contribution in [0, 0.1) is 0 Å². The lowest BCUT2D eigenvalue weighted by Gasteiger charge is -2.39. The molecule has 2 atom stereocenters. The minimum absolute atomic E-state index is 0.225. The van der Waals surface area contributed by atoms with Crippen molar-refractivity contribution in [2.24, 2.45) is 0 Å². The van der Waals surface area contributed by atoms with Crippen molar-refractivity contribution < 1.29 is 23.1 Å². The number of benzene rings is 1. The minimum atomic E-state index is -3.53. The summed E-state index contributed by atoms with van der Waals surface area (Å²) in [7, 11) is -3.53. The molecule has 1 fully saturated rings. The van der Waals surface area contributed by atoms with E-state index in [1.807, 2.05) is 37.3 Å². The molecule has 1 saturated heterocycles. The second-order valence-corrected chi connectivity index (χ2v) is 7.85. The highest BCUT2D eigenvalue weighted by Gasteiger charge is 2.50. The minimum Gasteiger partial charge on any atom is -0.464 e. The van der Waals surface area contributed by atoms with Gasteiger partial charge in [0, 0.05) is 5.41 Å². The molecule has 6 heteroatoms. The molecule has 1 heterocycles. The summed E-state index contributed by atoms with van der Waals surface area (Å²) in [4.78, 5) is 12.2. The van der Waals surface area contributed by atoms with Gasteiger partial charge in [-0.3, -0.25) is 9.36 Å². The molecule has 22 heavy (non-hydrogen) atoms. The van der Waals surface area contributed by atoms with Gasteiger partial charge in [-0.15, -0.1) is 0 Å². The van der Waals surface area contributed by atoms with E-state index in [1.54, 1.807) is 13.8 Å². The summed E-state index contributed by atoms with van der Waals surface area (Å²) < 4.78 is 29.0. The number of carbonyl (C=O) groups is 1. The number of rotatable bonds is 6. The fourth-order valence-corrected chi connectivity index (χ4v) is 4.87. The molecule has 1 aliphatic heterocycles. The van der Waals surface area contributed by atoms with E-state index in [4.69, 9.17) is 13.8 Å². The largest absolute Gasteiger partial charge is 0.464 e. The average molecular weight is 326 g/mol. The SMILES string of the molecule is CCOP(=O)(OCC)C1CC(C)(c2ccccc2)COC1=O. The third kappa shape index (κ3) is 3.43. The van der Waals surface area contributed by atoms with Gasteiger partial charge < -0.3 is 13.8 Å². The van der Waals surface area contributed by atoms with Crippen LogP contribution in [0.25, 0.3) is 0 Å². The topological polar surface area (TPSA) is 61.8 Å². The van der Waals surface area contributed by atoms with Crippen LogP contribution in [0.4, 0.5) is 0 Å². The monoisotopic (exact) mass is 326 g/mol. The highest BCUT2D eigenvalue weighted by Crippen LogP contribution is 2.57. The Morgan fingerprint density at radius 2 is 1.82 bits per heavy atom. The zero-order valence-electron chi connectivity index (χ0n) is 13.3. The van der Waals surface area contributed by atoms with Crippen LogP contribution in [0.2, 0.25) is 0 Å². The Morgan fingerprint density at radius 3 is 2.36 bits per heavy atom. The maximum atomic E-state index is 13.0. The molecule has 0 radical (unpaired) electrons. The molecule has 1 aromatic carbocycles. The number of esters is 1. The van der Waals surface area contributed by atoms with Gasteiger partial charge in [-0.1, -0.05) is 37.3 Å². The van der Waals surface area contributed by atoms with Crippen LogP contribution in [-0.4, -0.2) is 31.4 Å². The summed E-state index contributed by atoms with van der Waals surface area (Å²) in [5.41, 5.74) is -0.234. The van der Waals surface area contributed by atoms with Crippen LogP contribution in [0.5, 0.6) is 0 Å². The average Bonchev–Trinajstić information content (AvgIpc) is 2.51. The number of carbonyl (C=O) groups excluding carboxylic acids is 1. The lowest BCUT2D eigenvalue weighted by molar-refractivity contribution is -0.150. The molecule has 2 rings (SSSR count). The van der Waals surface area contributed by atoms with Gasteiger partial charge in [0.1, 0.15) is 6.61 Å². The van der Waals surface area contributed by atoms with E-state index in [9.17, 15) is 9.36 Å². The normalized spacial score (nSPS) is 25.8. The summed E-state index contributed by atoms with van der Waals surface area (Å²) in [6, 6.07) is 9.79. The van der Waals surface area contributed by atoms with Crippen molar-refractivity contribution in [3.8, 4) is 0 Å². The van der Waals surface area contributed by atoms with Gasteiger partial charge in [-0.25, -0.2) is 0 Å². The molecule has 1 aliphatic rings. The van der Waals surface area contributed by atoms with Crippen molar-refractivity contribution in [2.45, 2.75) is 38.3 Å². The van der Waals surface area contributed by atoms with Crippen LogP contribution in [0.15, 0.2) is 30.3 Å². The molecule has 1 aromatic rings. The maximum absolute atomic E-state index is 13.0. The van der Waals surface area contributed by atoms with E-state index in [0.29, 0.717) is 6.42 Å². The maximum Gasteiger partial charge on any atom is 0.344 e. The second kappa shape index (κ2) is 6.95. The number of hydrogen-bond donors (Lipinski definition) is 0. The fraction of sp³-hybridized carbons (Fsp3) is 0.562. The first kappa shape index (κ1) is 17.2. The predicted molar refractivity (Wildman–Crippen MR) is 84.0 cm³/mol. The molecule has 122 valence electrons. The van der Waals surface area contributed by atoms with Crippen molar-refractivity contribution in [1.29, 1.82) is 0 Å². The van der Waals surface area contributed by atoms with Crippen molar-refractivity contribution in [3.63, 3.8) is 0 Å². The van der Waals surface area contributed by atoms with Crippen molar-refractivity contribution in [2.75, 3.05) is 19.8 Å². The van der Waals surface area contributed by atoms with E-state index < -0.39 is 24.6 Å². The van der Waals surface area contributed by atoms with Gasteiger partial charge in [0.05, 0.1) is 13.2 Å². The van der Waals surface area contributed by atoms with Crippen LogP contribution in [0.1, 0.15) is 32.8 Å². The Bertz CT molecular complexity index is 549. The van der Waals surface area contributed by atoms with Crippen LogP contribution in [-0.2, 0) is 28.6 Å². The molecule has 0 aromatic heterocycles. The van der Waals surface area contributed by atoms with Gasteiger partial charge in [-0.2, -0.15) is 0 Å². The Hall–Kier alpha value is -1.16. The van der Waals surface area contributed by atoms with Crippen LogP contribution >= 0.6 is 7.60 Å². The first-order chi connectivity index (χ1) is 10.4. The van der Waals surface area contributed by atoms with Crippen LogP contribution in [0.3, 0.4) is 0 Å². The van der Waals surface area contributed by atoms with Gasteiger partial charge in [-0.05, 0) is 25.8 Å². The Morgan fingerprint density at radius 1 is 1.23 bits per heavy atom. The van der Waals surface area contributed by atoms with Gasteiger partial charge in [0.2, 0.25) is 0 Å². The van der Waals surface area contributed by atoms with Gasteiger partial charge in [0.15, 0.2) is 5.66 Å². The molecule has 0 amide bonds. The summed E-state index contributed by atoms with van der Waals surface area (Å²) in [5.74, 6) is -0.501. The first-order valence-electron chi connectivity index (χ1n) is 7.56. The summed E-state index contributed by atoms with van der Waals surface area (Å²) in [5, 5.41) is 0. The molecule has 0 spiro atoms. The van der Waals surface area contributed by atoms with Gasteiger partial charge in [0.25, 0.3) is 0 Å². The molecule has 2 unspecified atom stereocenters. The van der Waals surface area contributed by atoms with Crippen LogP contribution < -0.4 is 0 Å².